The van der Waals surface area contributed by atoms with Gasteiger partial charge in [0, 0.05) is 38.6 Å². The fraction of sp³-hybridized carbons (Fsp3) is 0.923. The van der Waals surface area contributed by atoms with E-state index < -0.39 is 18.1 Å². The smallest absolute Gasteiger partial charge is 0.321 e. The molecule has 0 aromatic carbocycles. The molecule has 3 aliphatic heterocycles. The van der Waals surface area contributed by atoms with Crippen LogP contribution in [0.3, 0.4) is 0 Å². The third kappa shape index (κ3) is 2.50. The van der Waals surface area contributed by atoms with Crippen molar-refractivity contribution in [3.63, 3.8) is 0 Å². The van der Waals surface area contributed by atoms with E-state index in [2.05, 4.69) is 0 Å². The van der Waals surface area contributed by atoms with Gasteiger partial charge in [0.2, 0.25) is 0 Å². The van der Waals surface area contributed by atoms with Gasteiger partial charge in [-0.2, -0.15) is 0 Å². The largest absolute Gasteiger partial charge is 0.480 e. The molecule has 6 heteroatoms. The quantitative estimate of drug-likeness (QED) is 0.727. The SMILES string of the molecule is O=C(O)C1CC(O)CN1C1CCOC2(CCOC2)C1. The first-order valence-electron chi connectivity index (χ1n) is 6.98. The Morgan fingerprint density at radius 1 is 1.37 bits per heavy atom. The highest BCUT2D eigenvalue weighted by Gasteiger charge is 2.47. The van der Waals surface area contributed by atoms with Gasteiger partial charge in [0.15, 0.2) is 0 Å². The Balaban J connectivity index is 1.72. The molecule has 3 rings (SSSR count). The van der Waals surface area contributed by atoms with Crippen molar-refractivity contribution in [2.75, 3.05) is 26.4 Å². The minimum Gasteiger partial charge on any atom is -0.480 e. The van der Waals surface area contributed by atoms with Crippen LogP contribution >= 0.6 is 0 Å². The lowest BCUT2D eigenvalue weighted by Gasteiger charge is -2.42. The summed E-state index contributed by atoms with van der Waals surface area (Å²) in [6.07, 6.45) is 2.33. The van der Waals surface area contributed by atoms with Gasteiger partial charge in [0.1, 0.15) is 6.04 Å². The molecule has 19 heavy (non-hydrogen) atoms. The van der Waals surface area contributed by atoms with E-state index in [0.717, 1.165) is 25.9 Å². The maximum Gasteiger partial charge on any atom is 0.321 e. The zero-order valence-corrected chi connectivity index (χ0v) is 11.0. The summed E-state index contributed by atoms with van der Waals surface area (Å²) < 4.78 is 11.3. The number of nitrogens with zero attached hydrogens (tertiary/aromatic N) is 1. The fourth-order valence-electron chi connectivity index (χ4n) is 3.63. The average Bonchev–Trinajstić information content (AvgIpc) is 2.97. The molecule has 1 spiro atoms. The highest BCUT2D eigenvalue weighted by Crippen LogP contribution is 2.37. The summed E-state index contributed by atoms with van der Waals surface area (Å²) in [5.74, 6) is -0.834. The Labute approximate surface area is 112 Å². The molecule has 0 aliphatic carbocycles. The lowest BCUT2D eigenvalue weighted by Crippen LogP contribution is -2.52. The zero-order valence-electron chi connectivity index (χ0n) is 11.0. The van der Waals surface area contributed by atoms with Gasteiger partial charge in [-0.05, 0) is 12.8 Å². The van der Waals surface area contributed by atoms with Crippen molar-refractivity contribution in [1.82, 2.24) is 4.90 Å². The number of carboxylic acids is 1. The Hall–Kier alpha value is -0.690. The topological polar surface area (TPSA) is 79.2 Å². The molecule has 4 unspecified atom stereocenters. The van der Waals surface area contributed by atoms with Crippen molar-refractivity contribution >= 4 is 5.97 Å². The maximum atomic E-state index is 11.3. The zero-order chi connectivity index (χ0) is 13.5. The Morgan fingerprint density at radius 2 is 2.21 bits per heavy atom. The predicted molar refractivity (Wildman–Crippen MR) is 65.9 cm³/mol. The number of carboxylic acid groups (broad SMARTS) is 1. The van der Waals surface area contributed by atoms with E-state index in [1.54, 1.807) is 0 Å². The number of aliphatic hydroxyl groups excluding tert-OH is 1. The van der Waals surface area contributed by atoms with Crippen molar-refractivity contribution in [1.29, 1.82) is 0 Å². The van der Waals surface area contributed by atoms with Crippen LogP contribution in [0.1, 0.15) is 25.7 Å². The van der Waals surface area contributed by atoms with Gasteiger partial charge in [0.05, 0.1) is 18.3 Å². The molecule has 0 aromatic rings. The molecule has 6 nitrogen and oxygen atoms in total. The van der Waals surface area contributed by atoms with Gasteiger partial charge in [-0.25, -0.2) is 0 Å². The first kappa shape index (κ1) is 13.3. The second-order valence-electron chi connectivity index (χ2n) is 5.92. The monoisotopic (exact) mass is 271 g/mol. The fourth-order valence-corrected chi connectivity index (χ4v) is 3.63. The van der Waals surface area contributed by atoms with Gasteiger partial charge in [-0.15, -0.1) is 0 Å². The van der Waals surface area contributed by atoms with E-state index in [1.165, 1.54) is 0 Å². The Kier molecular flexibility index (Phi) is 3.51. The molecule has 0 saturated carbocycles. The summed E-state index contributed by atoms with van der Waals surface area (Å²) in [5, 5.41) is 19.0. The minimum absolute atomic E-state index is 0.175. The Bertz CT molecular complexity index is 355. The molecular weight excluding hydrogens is 250 g/mol. The van der Waals surface area contributed by atoms with E-state index in [-0.39, 0.29) is 11.6 Å². The molecule has 3 heterocycles. The molecule has 3 saturated heterocycles. The second kappa shape index (κ2) is 5.01. The van der Waals surface area contributed by atoms with Crippen molar-refractivity contribution in [3.8, 4) is 0 Å². The summed E-state index contributed by atoms with van der Waals surface area (Å²) in [5.41, 5.74) is -0.223. The lowest BCUT2D eigenvalue weighted by atomic mass is 9.88. The molecule has 0 radical (unpaired) electrons. The standard InChI is InChI=1S/C13H21NO5/c15-10-5-11(12(16)17)14(7-10)9-1-3-19-13(6-9)2-4-18-8-13/h9-11,15H,1-8H2,(H,16,17). The van der Waals surface area contributed by atoms with Crippen LogP contribution in [0, 0.1) is 0 Å². The van der Waals surface area contributed by atoms with Gasteiger partial charge in [-0.1, -0.05) is 0 Å². The van der Waals surface area contributed by atoms with Crippen LogP contribution in [0.5, 0.6) is 0 Å². The first-order valence-corrected chi connectivity index (χ1v) is 6.98. The molecular formula is C13H21NO5. The van der Waals surface area contributed by atoms with Gasteiger partial charge in [-0.3, -0.25) is 9.69 Å². The van der Waals surface area contributed by atoms with E-state index in [9.17, 15) is 15.0 Å². The molecule has 3 aliphatic rings. The van der Waals surface area contributed by atoms with Gasteiger partial charge >= 0.3 is 5.97 Å². The summed E-state index contributed by atoms with van der Waals surface area (Å²) in [6.45, 7) is 2.43. The van der Waals surface area contributed by atoms with Gasteiger partial charge in [0.25, 0.3) is 0 Å². The Morgan fingerprint density at radius 3 is 2.89 bits per heavy atom. The van der Waals surface area contributed by atoms with E-state index in [4.69, 9.17) is 9.47 Å². The molecule has 4 atom stereocenters. The predicted octanol–water partition coefficient (Wildman–Crippen LogP) is -0.156. The lowest BCUT2D eigenvalue weighted by molar-refractivity contribution is -0.147. The summed E-state index contributed by atoms with van der Waals surface area (Å²) >= 11 is 0. The van der Waals surface area contributed by atoms with E-state index >= 15 is 0 Å². The number of aliphatic hydroxyl groups is 1. The summed E-state index contributed by atoms with van der Waals surface area (Å²) in [6, 6.07) is -0.383. The van der Waals surface area contributed by atoms with E-state index in [1.807, 2.05) is 4.90 Å². The minimum atomic E-state index is -0.834. The van der Waals surface area contributed by atoms with E-state index in [0.29, 0.717) is 26.2 Å². The van der Waals surface area contributed by atoms with Crippen LogP contribution in [-0.4, -0.2) is 71.2 Å². The van der Waals surface area contributed by atoms with Crippen LogP contribution in [0.2, 0.25) is 0 Å². The number of β-amino-alcohol motifs (C(OH)–C–C–N with tert-alkyl or cyclic N) is 1. The van der Waals surface area contributed by atoms with Gasteiger partial charge < -0.3 is 19.7 Å². The van der Waals surface area contributed by atoms with Crippen LogP contribution < -0.4 is 0 Å². The maximum absolute atomic E-state index is 11.3. The molecule has 3 fully saturated rings. The number of likely N-dealkylation sites (tertiary alicyclic amines) is 1. The average molecular weight is 271 g/mol. The highest BCUT2D eigenvalue weighted by atomic mass is 16.6. The molecule has 2 N–H and O–H groups in total. The second-order valence-corrected chi connectivity index (χ2v) is 5.92. The third-order valence-electron chi connectivity index (χ3n) is 4.61. The van der Waals surface area contributed by atoms with Crippen LogP contribution in [0.4, 0.5) is 0 Å². The van der Waals surface area contributed by atoms with Crippen LogP contribution in [0.15, 0.2) is 0 Å². The molecule has 108 valence electrons. The van der Waals surface area contributed by atoms with Crippen LogP contribution in [0.25, 0.3) is 0 Å². The number of hydrogen-bond donors (Lipinski definition) is 2. The van der Waals surface area contributed by atoms with Crippen molar-refractivity contribution < 1.29 is 24.5 Å². The van der Waals surface area contributed by atoms with Crippen molar-refractivity contribution in [2.45, 2.75) is 49.5 Å². The third-order valence-corrected chi connectivity index (χ3v) is 4.61. The highest BCUT2D eigenvalue weighted by molar-refractivity contribution is 5.74. The first-order chi connectivity index (χ1) is 9.10. The summed E-state index contributed by atoms with van der Waals surface area (Å²) in [4.78, 5) is 13.3. The molecule has 0 amide bonds. The van der Waals surface area contributed by atoms with Crippen molar-refractivity contribution in [2.24, 2.45) is 0 Å². The number of hydrogen-bond acceptors (Lipinski definition) is 5. The summed E-state index contributed by atoms with van der Waals surface area (Å²) in [7, 11) is 0. The number of rotatable bonds is 2. The van der Waals surface area contributed by atoms with Crippen molar-refractivity contribution in [3.05, 3.63) is 0 Å². The number of ether oxygens (including phenoxy) is 2. The molecule has 0 aromatic heterocycles. The molecule has 0 bridgehead atoms. The normalized spacial score (nSPS) is 43.9. The number of aliphatic carboxylic acids is 1. The number of carbonyl (C=O) groups is 1. The van der Waals surface area contributed by atoms with Crippen LogP contribution in [-0.2, 0) is 14.3 Å².